The van der Waals surface area contributed by atoms with Crippen LogP contribution in [0.1, 0.15) is 32.4 Å². The Hall–Kier alpha value is -1.73. The van der Waals surface area contributed by atoms with Crippen LogP contribution >= 0.6 is 12.6 Å². The SMILES string of the molecule is COc1ccc(C(OC(=O)[C@H](N)CS)C(=O)OC(C)(C)C)cc1. The van der Waals surface area contributed by atoms with E-state index in [0.29, 0.717) is 11.3 Å². The van der Waals surface area contributed by atoms with Crippen LogP contribution in [0.25, 0.3) is 0 Å². The van der Waals surface area contributed by atoms with Crippen molar-refractivity contribution in [2.75, 3.05) is 12.9 Å². The lowest BCUT2D eigenvalue weighted by atomic mass is 10.1. The first kappa shape index (κ1) is 19.3. The number of benzene rings is 1. The van der Waals surface area contributed by atoms with Gasteiger partial charge in [0.1, 0.15) is 17.4 Å². The second-order valence-electron chi connectivity index (χ2n) is 5.91. The van der Waals surface area contributed by atoms with Crippen LogP contribution in [-0.2, 0) is 19.1 Å². The lowest BCUT2D eigenvalue weighted by Gasteiger charge is -2.25. The van der Waals surface area contributed by atoms with Crippen molar-refractivity contribution in [3.05, 3.63) is 29.8 Å². The Balaban J connectivity index is 3.04. The van der Waals surface area contributed by atoms with Gasteiger partial charge in [-0.15, -0.1) is 0 Å². The molecule has 0 saturated heterocycles. The van der Waals surface area contributed by atoms with Crippen molar-refractivity contribution < 1.29 is 23.8 Å². The van der Waals surface area contributed by atoms with E-state index in [-0.39, 0.29) is 5.75 Å². The number of nitrogens with two attached hydrogens (primary N) is 1. The van der Waals surface area contributed by atoms with Gasteiger partial charge in [0.15, 0.2) is 0 Å². The number of thiol groups is 1. The molecule has 0 aromatic heterocycles. The van der Waals surface area contributed by atoms with Gasteiger partial charge >= 0.3 is 11.9 Å². The molecule has 2 atom stereocenters. The smallest absolute Gasteiger partial charge is 0.352 e. The van der Waals surface area contributed by atoms with E-state index in [1.807, 2.05) is 0 Å². The highest BCUT2D eigenvalue weighted by Gasteiger charge is 2.31. The van der Waals surface area contributed by atoms with Gasteiger partial charge in [0.25, 0.3) is 0 Å². The zero-order valence-electron chi connectivity index (χ0n) is 13.7. The van der Waals surface area contributed by atoms with Gasteiger partial charge in [-0.25, -0.2) is 4.79 Å². The highest BCUT2D eigenvalue weighted by Crippen LogP contribution is 2.24. The third-order valence-corrected chi connectivity index (χ3v) is 3.17. The van der Waals surface area contributed by atoms with Gasteiger partial charge in [-0.1, -0.05) is 12.1 Å². The molecule has 7 heteroatoms. The fraction of sp³-hybridized carbons (Fsp3) is 0.500. The quantitative estimate of drug-likeness (QED) is 0.607. The maximum absolute atomic E-state index is 12.4. The minimum atomic E-state index is -1.20. The van der Waals surface area contributed by atoms with Gasteiger partial charge in [-0.3, -0.25) is 4.79 Å². The molecule has 0 bridgehead atoms. The maximum Gasteiger partial charge on any atom is 0.352 e. The fourth-order valence-electron chi connectivity index (χ4n) is 1.66. The van der Waals surface area contributed by atoms with E-state index in [4.69, 9.17) is 19.9 Å². The largest absolute Gasteiger partial charge is 0.497 e. The summed E-state index contributed by atoms with van der Waals surface area (Å²) in [6.45, 7) is 5.20. The van der Waals surface area contributed by atoms with Crippen molar-refractivity contribution in [3.63, 3.8) is 0 Å². The van der Waals surface area contributed by atoms with Crippen LogP contribution in [-0.4, -0.2) is 36.4 Å². The van der Waals surface area contributed by atoms with Gasteiger partial charge in [-0.2, -0.15) is 12.6 Å². The van der Waals surface area contributed by atoms with Crippen molar-refractivity contribution in [2.24, 2.45) is 5.73 Å². The summed E-state index contributed by atoms with van der Waals surface area (Å²) in [6.07, 6.45) is -1.20. The number of hydrogen-bond donors (Lipinski definition) is 2. The number of rotatable bonds is 6. The Morgan fingerprint density at radius 2 is 1.74 bits per heavy atom. The Kier molecular flexibility index (Phi) is 6.90. The lowest BCUT2D eigenvalue weighted by Crippen LogP contribution is -2.37. The third kappa shape index (κ3) is 6.11. The molecule has 23 heavy (non-hydrogen) atoms. The van der Waals surface area contributed by atoms with Crippen molar-refractivity contribution in [3.8, 4) is 5.75 Å². The van der Waals surface area contributed by atoms with Crippen LogP contribution in [0, 0.1) is 0 Å². The van der Waals surface area contributed by atoms with Crippen LogP contribution < -0.4 is 10.5 Å². The summed E-state index contributed by atoms with van der Waals surface area (Å²) in [7, 11) is 1.53. The number of esters is 2. The van der Waals surface area contributed by atoms with Crippen molar-refractivity contribution in [2.45, 2.75) is 38.5 Å². The second kappa shape index (κ2) is 8.21. The Labute approximate surface area is 141 Å². The molecule has 128 valence electrons. The Morgan fingerprint density at radius 1 is 1.17 bits per heavy atom. The minimum Gasteiger partial charge on any atom is -0.497 e. The molecular weight excluding hydrogens is 318 g/mol. The highest BCUT2D eigenvalue weighted by molar-refractivity contribution is 7.80. The Morgan fingerprint density at radius 3 is 2.17 bits per heavy atom. The van der Waals surface area contributed by atoms with Crippen LogP contribution in [0.3, 0.4) is 0 Å². The lowest BCUT2D eigenvalue weighted by molar-refractivity contribution is -0.176. The Bertz CT molecular complexity index is 538. The van der Waals surface area contributed by atoms with Crippen LogP contribution in [0.5, 0.6) is 5.75 Å². The van der Waals surface area contributed by atoms with E-state index < -0.39 is 29.7 Å². The summed E-state index contributed by atoms with van der Waals surface area (Å²) in [5.74, 6) is -0.646. The fourth-order valence-corrected chi connectivity index (χ4v) is 1.81. The summed E-state index contributed by atoms with van der Waals surface area (Å²) < 4.78 is 15.6. The topological polar surface area (TPSA) is 87.9 Å². The molecule has 0 spiro atoms. The zero-order valence-corrected chi connectivity index (χ0v) is 14.6. The summed E-state index contributed by atoms with van der Waals surface area (Å²) in [5.41, 5.74) is 5.36. The van der Waals surface area contributed by atoms with Gasteiger partial charge in [0.05, 0.1) is 7.11 Å². The second-order valence-corrected chi connectivity index (χ2v) is 6.28. The molecule has 0 fully saturated rings. The number of ether oxygens (including phenoxy) is 3. The number of methoxy groups -OCH3 is 1. The summed E-state index contributed by atoms with van der Waals surface area (Å²) in [4.78, 5) is 24.3. The van der Waals surface area contributed by atoms with E-state index in [2.05, 4.69) is 12.6 Å². The summed E-state index contributed by atoms with van der Waals surface area (Å²) >= 11 is 3.95. The molecule has 6 nitrogen and oxygen atoms in total. The standard InChI is InChI=1S/C16H23NO5S/c1-16(2,3)22-15(19)13(21-14(18)12(17)9-23)10-5-7-11(20-4)8-6-10/h5-8,12-13,23H,9,17H2,1-4H3/t12-,13?/m1/s1. The summed E-state index contributed by atoms with van der Waals surface area (Å²) in [6, 6.07) is 5.68. The molecular formula is C16H23NO5S. The molecule has 0 saturated carbocycles. The van der Waals surface area contributed by atoms with Gasteiger partial charge in [-0.05, 0) is 32.9 Å². The van der Waals surface area contributed by atoms with Crippen molar-refractivity contribution >= 4 is 24.6 Å². The van der Waals surface area contributed by atoms with E-state index in [1.54, 1.807) is 45.0 Å². The number of hydrogen-bond acceptors (Lipinski definition) is 7. The normalized spacial score (nSPS) is 13.8. The zero-order chi connectivity index (χ0) is 17.6. The van der Waals surface area contributed by atoms with E-state index in [0.717, 1.165) is 0 Å². The molecule has 2 N–H and O–H groups in total. The molecule has 0 amide bonds. The molecule has 1 unspecified atom stereocenters. The predicted molar refractivity (Wildman–Crippen MR) is 89.5 cm³/mol. The number of carbonyl (C=O) groups excluding carboxylic acids is 2. The first-order valence-electron chi connectivity index (χ1n) is 7.11. The molecule has 0 heterocycles. The van der Waals surface area contributed by atoms with E-state index >= 15 is 0 Å². The monoisotopic (exact) mass is 341 g/mol. The third-order valence-electron chi connectivity index (χ3n) is 2.77. The van der Waals surface area contributed by atoms with Gasteiger partial charge in [0, 0.05) is 11.3 Å². The first-order chi connectivity index (χ1) is 10.7. The van der Waals surface area contributed by atoms with Crippen LogP contribution in [0.2, 0.25) is 0 Å². The van der Waals surface area contributed by atoms with Crippen LogP contribution in [0.4, 0.5) is 0 Å². The number of carbonyl (C=O) groups is 2. The van der Waals surface area contributed by atoms with Gasteiger partial charge in [0.2, 0.25) is 6.10 Å². The van der Waals surface area contributed by atoms with Crippen LogP contribution in [0.15, 0.2) is 24.3 Å². The predicted octanol–water partition coefficient (Wildman–Crippen LogP) is 1.88. The highest BCUT2D eigenvalue weighted by atomic mass is 32.1. The molecule has 0 aliphatic heterocycles. The molecule has 1 rings (SSSR count). The molecule has 1 aromatic rings. The minimum absolute atomic E-state index is 0.114. The van der Waals surface area contributed by atoms with E-state index in [1.165, 1.54) is 7.11 Å². The van der Waals surface area contributed by atoms with Crippen molar-refractivity contribution in [1.29, 1.82) is 0 Å². The maximum atomic E-state index is 12.4. The van der Waals surface area contributed by atoms with E-state index in [9.17, 15) is 9.59 Å². The van der Waals surface area contributed by atoms with Crippen molar-refractivity contribution in [1.82, 2.24) is 0 Å². The molecule has 0 aliphatic carbocycles. The molecule has 0 aliphatic rings. The molecule has 1 aromatic carbocycles. The average molecular weight is 341 g/mol. The average Bonchev–Trinajstić information content (AvgIpc) is 2.49. The van der Waals surface area contributed by atoms with Gasteiger partial charge < -0.3 is 19.9 Å². The summed E-state index contributed by atoms with van der Waals surface area (Å²) in [5, 5.41) is 0. The molecule has 0 radical (unpaired) electrons. The first-order valence-corrected chi connectivity index (χ1v) is 7.75.